The van der Waals surface area contributed by atoms with Crippen molar-refractivity contribution >= 4 is 22.6 Å². The minimum absolute atomic E-state index is 0.0289. The Labute approximate surface area is 171 Å². The van der Waals surface area contributed by atoms with Crippen LogP contribution in [0.5, 0.6) is 0 Å². The number of ether oxygens (including phenoxy) is 1. The highest BCUT2D eigenvalue weighted by Crippen LogP contribution is 2.24. The van der Waals surface area contributed by atoms with Crippen LogP contribution in [0, 0.1) is 0 Å². The van der Waals surface area contributed by atoms with E-state index in [0.29, 0.717) is 12.1 Å². The fraction of sp³-hybridized carbons (Fsp3) is 0.250. The molecule has 2 atom stereocenters. The van der Waals surface area contributed by atoms with E-state index in [0.717, 1.165) is 5.56 Å². The van der Waals surface area contributed by atoms with Crippen LogP contribution in [0.4, 0.5) is 0 Å². The van der Waals surface area contributed by atoms with Gasteiger partial charge in [0.2, 0.25) is 5.91 Å². The fourth-order valence-corrected chi connectivity index (χ4v) is 3.39. The lowest BCUT2D eigenvalue weighted by atomic mass is 9.99. The summed E-state index contributed by atoms with van der Waals surface area (Å²) in [6, 6.07) is 21.2. The molecule has 2 unspecified atom stereocenters. The highest BCUT2D eigenvalue weighted by atomic mass is 16.5. The van der Waals surface area contributed by atoms with E-state index in [-0.39, 0.29) is 24.0 Å². The molecule has 0 aromatic heterocycles. The molecule has 0 saturated carbocycles. The summed E-state index contributed by atoms with van der Waals surface area (Å²) in [5, 5.41) is 8.70. The Morgan fingerprint density at radius 3 is 2.34 bits per heavy atom. The molecule has 0 heterocycles. The second kappa shape index (κ2) is 9.34. The van der Waals surface area contributed by atoms with Crippen LogP contribution < -0.4 is 10.6 Å². The molecule has 150 valence electrons. The lowest BCUT2D eigenvalue weighted by Crippen LogP contribution is -2.42. The number of nitrogens with one attached hydrogen (secondary N) is 2. The van der Waals surface area contributed by atoms with E-state index in [2.05, 4.69) is 46.6 Å². The van der Waals surface area contributed by atoms with Crippen molar-refractivity contribution in [3.05, 3.63) is 83.4 Å². The van der Waals surface area contributed by atoms with Crippen LogP contribution in [0.15, 0.2) is 66.7 Å². The second-order valence-electron chi connectivity index (χ2n) is 7.08. The van der Waals surface area contributed by atoms with E-state index in [1.54, 1.807) is 12.1 Å². The average Bonchev–Trinajstić information content (AvgIpc) is 2.76. The number of benzene rings is 3. The number of hydrogen-bond acceptors (Lipinski definition) is 4. The maximum atomic E-state index is 12.5. The fourth-order valence-electron chi connectivity index (χ4n) is 3.39. The summed E-state index contributed by atoms with van der Waals surface area (Å²) < 4.78 is 4.69. The molecule has 0 spiro atoms. The lowest BCUT2D eigenvalue weighted by molar-refractivity contribution is -0.123. The van der Waals surface area contributed by atoms with Gasteiger partial charge in [0.1, 0.15) is 0 Å². The lowest BCUT2D eigenvalue weighted by Gasteiger charge is -2.21. The van der Waals surface area contributed by atoms with Crippen LogP contribution in [0.3, 0.4) is 0 Å². The van der Waals surface area contributed by atoms with Gasteiger partial charge in [-0.1, -0.05) is 54.6 Å². The maximum Gasteiger partial charge on any atom is 0.337 e. The predicted molar refractivity (Wildman–Crippen MR) is 115 cm³/mol. The van der Waals surface area contributed by atoms with Gasteiger partial charge in [0.25, 0.3) is 0 Å². The van der Waals surface area contributed by atoms with Crippen molar-refractivity contribution in [3.8, 4) is 0 Å². The van der Waals surface area contributed by atoms with Gasteiger partial charge >= 0.3 is 5.97 Å². The summed E-state index contributed by atoms with van der Waals surface area (Å²) in [7, 11) is 1.35. The van der Waals surface area contributed by atoms with E-state index in [1.165, 1.54) is 23.4 Å². The van der Waals surface area contributed by atoms with Gasteiger partial charge in [0.15, 0.2) is 0 Å². The largest absolute Gasteiger partial charge is 0.465 e. The van der Waals surface area contributed by atoms with Crippen LogP contribution in [0.25, 0.3) is 10.8 Å². The van der Waals surface area contributed by atoms with Gasteiger partial charge in [-0.15, -0.1) is 0 Å². The van der Waals surface area contributed by atoms with Crippen LogP contribution in [-0.2, 0) is 16.1 Å². The van der Waals surface area contributed by atoms with Crippen molar-refractivity contribution in [3.63, 3.8) is 0 Å². The van der Waals surface area contributed by atoms with E-state index < -0.39 is 0 Å². The molecule has 0 aliphatic rings. The van der Waals surface area contributed by atoms with Gasteiger partial charge < -0.3 is 10.1 Å². The van der Waals surface area contributed by atoms with E-state index in [4.69, 9.17) is 0 Å². The molecule has 0 saturated heterocycles. The van der Waals surface area contributed by atoms with Gasteiger partial charge in [-0.25, -0.2) is 4.79 Å². The van der Waals surface area contributed by atoms with Crippen molar-refractivity contribution in [2.45, 2.75) is 32.5 Å². The minimum atomic E-state index is -0.374. The molecule has 2 N–H and O–H groups in total. The average molecular weight is 390 g/mol. The van der Waals surface area contributed by atoms with Crippen molar-refractivity contribution in [2.75, 3.05) is 7.11 Å². The quantitative estimate of drug-likeness (QED) is 0.599. The normalized spacial score (nSPS) is 12.9. The molecule has 0 fully saturated rings. The summed E-state index contributed by atoms with van der Waals surface area (Å²) in [4.78, 5) is 24.0. The summed E-state index contributed by atoms with van der Waals surface area (Å²) in [6.07, 6.45) is 0. The molecule has 3 rings (SSSR count). The van der Waals surface area contributed by atoms with Crippen molar-refractivity contribution in [2.24, 2.45) is 0 Å². The van der Waals surface area contributed by atoms with Gasteiger partial charge in [0, 0.05) is 12.6 Å². The number of carbonyl (C=O) groups is 2. The molecule has 1 amide bonds. The van der Waals surface area contributed by atoms with Crippen molar-refractivity contribution in [1.29, 1.82) is 0 Å². The molecule has 0 aliphatic heterocycles. The SMILES string of the molecule is COC(=O)c1ccc(CNC(=O)C(C)NC(C)c2cccc3ccccc23)cc1. The number of amides is 1. The first-order valence-electron chi connectivity index (χ1n) is 9.68. The molecule has 0 aliphatic carbocycles. The zero-order valence-electron chi connectivity index (χ0n) is 16.9. The molecular formula is C24H26N2O3. The van der Waals surface area contributed by atoms with Gasteiger partial charge in [-0.05, 0) is 47.9 Å². The highest BCUT2D eigenvalue weighted by Gasteiger charge is 2.17. The van der Waals surface area contributed by atoms with Gasteiger partial charge in [-0.3, -0.25) is 10.1 Å². The second-order valence-corrected chi connectivity index (χ2v) is 7.08. The van der Waals surface area contributed by atoms with Crippen LogP contribution >= 0.6 is 0 Å². The summed E-state index contributed by atoms with van der Waals surface area (Å²) in [5.41, 5.74) is 2.57. The topological polar surface area (TPSA) is 67.4 Å². The van der Waals surface area contributed by atoms with Crippen LogP contribution in [0.1, 0.15) is 41.4 Å². The number of methoxy groups -OCH3 is 1. The number of hydrogen-bond donors (Lipinski definition) is 2. The Morgan fingerprint density at radius 1 is 0.931 bits per heavy atom. The smallest absolute Gasteiger partial charge is 0.337 e. The molecule has 0 radical (unpaired) electrons. The summed E-state index contributed by atoms with van der Waals surface area (Å²) >= 11 is 0. The summed E-state index contributed by atoms with van der Waals surface area (Å²) in [5.74, 6) is -0.449. The minimum Gasteiger partial charge on any atom is -0.465 e. The first-order chi connectivity index (χ1) is 14.0. The highest BCUT2D eigenvalue weighted by molar-refractivity contribution is 5.89. The Hall–Kier alpha value is -3.18. The molecule has 3 aromatic rings. The van der Waals surface area contributed by atoms with E-state index >= 15 is 0 Å². The van der Waals surface area contributed by atoms with E-state index in [1.807, 2.05) is 37.3 Å². The third-order valence-electron chi connectivity index (χ3n) is 5.02. The standard InChI is InChI=1S/C24H26N2O3/c1-16(21-10-6-8-19-7-4-5-9-22(19)21)26-17(2)23(27)25-15-18-11-13-20(14-12-18)24(28)29-3/h4-14,16-17,26H,15H2,1-3H3,(H,25,27). The monoisotopic (exact) mass is 390 g/mol. The third-order valence-corrected chi connectivity index (χ3v) is 5.02. The maximum absolute atomic E-state index is 12.5. The van der Waals surface area contributed by atoms with Crippen molar-refractivity contribution in [1.82, 2.24) is 10.6 Å². The summed E-state index contributed by atoms with van der Waals surface area (Å²) in [6.45, 7) is 4.32. The van der Waals surface area contributed by atoms with Gasteiger partial charge in [0.05, 0.1) is 18.7 Å². The van der Waals surface area contributed by atoms with Crippen LogP contribution in [-0.4, -0.2) is 25.0 Å². The van der Waals surface area contributed by atoms with Crippen molar-refractivity contribution < 1.29 is 14.3 Å². The predicted octanol–water partition coefficient (Wildman–Crippen LogP) is 3.98. The number of esters is 1. The Morgan fingerprint density at radius 2 is 1.62 bits per heavy atom. The molecule has 5 nitrogen and oxygen atoms in total. The van der Waals surface area contributed by atoms with Gasteiger partial charge in [-0.2, -0.15) is 0 Å². The number of rotatable bonds is 7. The first-order valence-corrected chi connectivity index (χ1v) is 9.68. The first kappa shape index (κ1) is 20.6. The zero-order chi connectivity index (χ0) is 20.8. The molecule has 3 aromatic carbocycles. The molecular weight excluding hydrogens is 364 g/mol. The van der Waals surface area contributed by atoms with E-state index in [9.17, 15) is 9.59 Å². The molecule has 0 bridgehead atoms. The molecule has 29 heavy (non-hydrogen) atoms. The Bertz CT molecular complexity index is 993. The Balaban J connectivity index is 1.58. The molecule has 5 heteroatoms. The number of carbonyl (C=O) groups excluding carboxylic acids is 2. The Kier molecular flexibility index (Phi) is 6.62. The third kappa shape index (κ3) is 5.00. The number of fused-ring (bicyclic) bond motifs is 1. The zero-order valence-corrected chi connectivity index (χ0v) is 16.9. The van der Waals surface area contributed by atoms with Crippen LogP contribution in [0.2, 0.25) is 0 Å².